The maximum atomic E-state index is 4.56. The van der Waals surface area contributed by atoms with Crippen LogP contribution in [0.3, 0.4) is 0 Å². The molecular formula is C17H17IN2. The molecular weight excluding hydrogens is 359 g/mol. The predicted molar refractivity (Wildman–Crippen MR) is 94.3 cm³/mol. The third kappa shape index (κ3) is 3.20. The fourth-order valence-electron chi connectivity index (χ4n) is 2.45. The van der Waals surface area contributed by atoms with Gasteiger partial charge in [-0.15, -0.1) is 0 Å². The Bertz CT molecular complexity index is 599. The first-order valence-corrected chi connectivity index (χ1v) is 8.04. The number of hydrogen-bond acceptors (Lipinski definition) is 2. The van der Waals surface area contributed by atoms with Gasteiger partial charge in [-0.3, -0.25) is 4.99 Å². The third-order valence-corrected chi connectivity index (χ3v) is 4.48. The van der Waals surface area contributed by atoms with Crippen molar-refractivity contribution < 1.29 is 0 Å². The van der Waals surface area contributed by atoms with E-state index >= 15 is 0 Å². The van der Waals surface area contributed by atoms with Crippen LogP contribution in [0.1, 0.15) is 18.4 Å². The Morgan fingerprint density at radius 3 is 2.35 bits per heavy atom. The molecule has 2 nitrogen and oxygen atoms in total. The van der Waals surface area contributed by atoms with Gasteiger partial charge >= 0.3 is 0 Å². The van der Waals surface area contributed by atoms with Gasteiger partial charge < -0.3 is 4.90 Å². The Morgan fingerprint density at radius 1 is 0.950 bits per heavy atom. The maximum absolute atomic E-state index is 4.56. The first-order chi connectivity index (χ1) is 9.83. The van der Waals surface area contributed by atoms with Crippen LogP contribution in [-0.4, -0.2) is 19.3 Å². The maximum Gasteiger partial charge on any atom is 0.0763 e. The summed E-state index contributed by atoms with van der Waals surface area (Å²) < 4.78 is 1.18. The second-order valence-electron chi connectivity index (χ2n) is 5.00. The van der Waals surface area contributed by atoms with Crippen LogP contribution in [-0.2, 0) is 0 Å². The molecule has 0 spiro atoms. The molecule has 0 atom stereocenters. The van der Waals surface area contributed by atoms with Crippen LogP contribution < -0.4 is 4.90 Å². The van der Waals surface area contributed by atoms with Gasteiger partial charge in [0.2, 0.25) is 0 Å². The lowest BCUT2D eigenvalue weighted by Crippen LogP contribution is -2.17. The predicted octanol–water partition coefficient (Wildman–Crippen LogP) is 4.64. The number of aliphatic imine (C=N–C) groups is 1. The molecule has 2 aromatic carbocycles. The molecule has 20 heavy (non-hydrogen) atoms. The molecule has 1 aliphatic rings. The molecule has 3 heteroatoms. The van der Waals surface area contributed by atoms with E-state index < -0.39 is 0 Å². The van der Waals surface area contributed by atoms with Gasteiger partial charge in [-0.1, -0.05) is 24.3 Å². The zero-order valence-corrected chi connectivity index (χ0v) is 13.5. The number of benzene rings is 2. The van der Waals surface area contributed by atoms with E-state index in [0.29, 0.717) is 0 Å². The Kier molecular flexibility index (Phi) is 4.35. The fourth-order valence-corrected chi connectivity index (χ4v) is 2.97. The molecule has 102 valence electrons. The van der Waals surface area contributed by atoms with Crippen molar-refractivity contribution in [1.82, 2.24) is 0 Å². The first kappa shape index (κ1) is 13.6. The van der Waals surface area contributed by atoms with E-state index in [1.54, 1.807) is 0 Å². The summed E-state index contributed by atoms with van der Waals surface area (Å²) in [7, 11) is 0. The molecule has 2 aromatic rings. The van der Waals surface area contributed by atoms with E-state index in [4.69, 9.17) is 0 Å². The number of hydrogen-bond donors (Lipinski definition) is 0. The largest absolute Gasteiger partial charge is 0.372 e. The summed E-state index contributed by atoms with van der Waals surface area (Å²) in [6.45, 7) is 2.38. The zero-order valence-electron chi connectivity index (χ0n) is 11.3. The minimum Gasteiger partial charge on any atom is -0.372 e. The van der Waals surface area contributed by atoms with Crippen LogP contribution in [0.25, 0.3) is 0 Å². The molecule has 0 aromatic heterocycles. The van der Waals surface area contributed by atoms with Gasteiger partial charge in [-0.25, -0.2) is 0 Å². The van der Waals surface area contributed by atoms with Crippen molar-refractivity contribution in [2.45, 2.75) is 12.8 Å². The van der Waals surface area contributed by atoms with Crippen LogP contribution in [0, 0.1) is 3.57 Å². The van der Waals surface area contributed by atoms with E-state index in [9.17, 15) is 0 Å². The van der Waals surface area contributed by atoms with Crippen LogP contribution in [0.2, 0.25) is 0 Å². The van der Waals surface area contributed by atoms with Crippen molar-refractivity contribution >= 4 is 40.2 Å². The summed E-state index contributed by atoms with van der Waals surface area (Å²) in [4.78, 5) is 7.00. The second-order valence-corrected chi connectivity index (χ2v) is 6.16. The van der Waals surface area contributed by atoms with Gasteiger partial charge in [-0.2, -0.15) is 0 Å². The highest BCUT2D eigenvalue weighted by Crippen LogP contribution is 2.22. The molecule has 0 aliphatic carbocycles. The molecule has 0 saturated carbocycles. The monoisotopic (exact) mass is 376 g/mol. The first-order valence-electron chi connectivity index (χ1n) is 6.96. The molecule has 1 aliphatic heterocycles. The highest BCUT2D eigenvalue weighted by atomic mass is 127. The average Bonchev–Trinajstić information content (AvgIpc) is 3.01. The Morgan fingerprint density at radius 2 is 1.65 bits per heavy atom. The number of anilines is 1. The fraction of sp³-hybridized carbons (Fsp3) is 0.235. The van der Waals surface area contributed by atoms with Crippen molar-refractivity contribution in [2.75, 3.05) is 18.0 Å². The standard InChI is InChI=1S/C17H17IN2/c18-16-5-1-2-6-17(16)19-13-14-7-9-15(10-8-14)20-11-3-4-12-20/h1-2,5-10,13H,3-4,11-12H2. The molecule has 0 unspecified atom stereocenters. The van der Waals surface area contributed by atoms with Gasteiger partial charge in [0.1, 0.15) is 0 Å². The van der Waals surface area contributed by atoms with Gasteiger partial charge in [0, 0.05) is 28.6 Å². The second kappa shape index (κ2) is 6.39. The van der Waals surface area contributed by atoms with Crippen LogP contribution in [0.5, 0.6) is 0 Å². The van der Waals surface area contributed by atoms with Crippen molar-refractivity contribution in [3.05, 3.63) is 57.7 Å². The van der Waals surface area contributed by atoms with Gasteiger partial charge in [0.15, 0.2) is 0 Å². The SMILES string of the molecule is Ic1ccccc1N=Cc1ccc(N2CCCC2)cc1. The highest BCUT2D eigenvalue weighted by molar-refractivity contribution is 14.1. The van der Waals surface area contributed by atoms with Crippen molar-refractivity contribution in [3.63, 3.8) is 0 Å². The number of rotatable bonds is 3. The van der Waals surface area contributed by atoms with Crippen molar-refractivity contribution in [2.24, 2.45) is 4.99 Å². The molecule has 0 N–H and O–H groups in total. The van der Waals surface area contributed by atoms with E-state index in [2.05, 4.69) is 62.8 Å². The summed E-state index contributed by atoms with van der Waals surface area (Å²) in [6.07, 6.45) is 4.57. The normalized spacial score (nSPS) is 15.2. The molecule has 0 bridgehead atoms. The zero-order chi connectivity index (χ0) is 13.8. The van der Waals surface area contributed by atoms with E-state index in [0.717, 1.165) is 11.3 Å². The summed E-state index contributed by atoms with van der Waals surface area (Å²) >= 11 is 2.31. The smallest absolute Gasteiger partial charge is 0.0763 e. The van der Waals surface area contributed by atoms with Crippen LogP contribution in [0.4, 0.5) is 11.4 Å². The number of nitrogens with zero attached hydrogens (tertiary/aromatic N) is 2. The van der Waals surface area contributed by atoms with Crippen molar-refractivity contribution in [3.8, 4) is 0 Å². The topological polar surface area (TPSA) is 15.6 Å². The van der Waals surface area contributed by atoms with E-state index in [1.807, 2.05) is 24.4 Å². The lowest BCUT2D eigenvalue weighted by Gasteiger charge is -2.17. The molecule has 3 rings (SSSR count). The van der Waals surface area contributed by atoms with Crippen LogP contribution in [0.15, 0.2) is 53.5 Å². The molecule has 0 radical (unpaired) electrons. The number of para-hydroxylation sites is 1. The summed E-state index contributed by atoms with van der Waals surface area (Å²) in [5.74, 6) is 0. The number of halogens is 1. The Labute approximate surface area is 133 Å². The lowest BCUT2D eigenvalue weighted by atomic mass is 10.2. The minimum absolute atomic E-state index is 1.02. The summed E-state index contributed by atoms with van der Waals surface area (Å²) in [5, 5.41) is 0. The van der Waals surface area contributed by atoms with Crippen molar-refractivity contribution in [1.29, 1.82) is 0 Å². The molecule has 0 amide bonds. The average molecular weight is 376 g/mol. The van der Waals surface area contributed by atoms with E-state index in [-0.39, 0.29) is 0 Å². The minimum atomic E-state index is 1.02. The van der Waals surface area contributed by atoms with Crippen LogP contribution >= 0.6 is 22.6 Å². The Hall–Kier alpha value is -1.36. The van der Waals surface area contributed by atoms with Gasteiger partial charge in [0.25, 0.3) is 0 Å². The lowest BCUT2D eigenvalue weighted by molar-refractivity contribution is 0.949. The quantitative estimate of drug-likeness (QED) is 0.563. The Balaban J connectivity index is 1.73. The molecule has 1 heterocycles. The third-order valence-electron chi connectivity index (χ3n) is 3.57. The highest BCUT2D eigenvalue weighted by Gasteiger charge is 2.11. The summed E-state index contributed by atoms with van der Waals surface area (Å²) in [6, 6.07) is 16.8. The van der Waals surface area contributed by atoms with Gasteiger partial charge in [0.05, 0.1) is 5.69 Å². The van der Waals surface area contributed by atoms with E-state index in [1.165, 1.54) is 35.2 Å². The summed E-state index contributed by atoms with van der Waals surface area (Å²) in [5.41, 5.74) is 3.50. The molecule has 1 saturated heterocycles. The van der Waals surface area contributed by atoms with Gasteiger partial charge in [-0.05, 0) is 65.3 Å². The molecule has 1 fully saturated rings.